The van der Waals surface area contributed by atoms with E-state index >= 15 is 0 Å². The van der Waals surface area contributed by atoms with Crippen LogP contribution in [0.2, 0.25) is 0 Å². The van der Waals surface area contributed by atoms with Crippen LogP contribution in [0.4, 0.5) is 0 Å². The summed E-state index contributed by atoms with van der Waals surface area (Å²) in [7, 11) is 0. The van der Waals surface area contributed by atoms with E-state index in [2.05, 4.69) is 0 Å². The Hall–Kier alpha value is 2.31. The molecule has 18 heavy (non-hydrogen) atoms. The second kappa shape index (κ2) is 15.7. The van der Waals surface area contributed by atoms with Crippen molar-refractivity contribution in [1.82, 2.24) is 0 Å². The third-order valence-corrected chi connectivity index (χ3v) is 0. The molecule has 0 aliphatic heterocycles. The molecule has 0 spiro atoms. The van der Waals surface area contributed by atoms with Gasteiger partial charge in [-0.2, -0.15) is 0 Å². The third kappa shape index (κ3) is 1030. The molecule has 0 heterocycles. The molecule has 0 aliphatic carbocycles. The second-order valence-electron chi connectivity index (χ2n) is 1.13. The van der Waals surface area contributed by atoms with Gasteiger partial charge in [-0.25, -0.2) is 0 Å². The summed E-state index contributed by atoms with van der Waals surface area (Å²) in [5.74, 6) is 0. The van der Waals surface area contributed by atoms with Crippen LogP contribution in [0.5, 0.6) is 0 Å². The van der Waals surface area contributed by atoms with E-state index in [1.54, 1.807) is 0 Å². The standard InChI is InChI=1S/Li.3Mn.Ni.12O.Y/q+1;;;;+2;;;;;;;6*-1;+3. The van der Waals surface area contributed by atoms with Crippen LogP contribution in [0.25, 0.3) is 0 Å². The molecule has 0 unspecified atom stereocenters. The summed E-state index contributed by atoms with van der Waals surface area (Å²) < 4.78 is 103. The first-order valence-electron chi connectivity index (χ1n) is 1.85. The zero-order chi connectivity index (χ0) is 13.5. The van der Waals surface area contributed by atoms with Gasteiger partial charge >= 0.3 is 156 Å². The Bertz CT molecular complexity index is 348. The van der Waals surface area contributed by atoms with Gasteiger partial charge < -0.3 is 0 Å². The third-order valence-electron chi connectivity index (χ3n) is 0. The van der Waals surface area contributed by atoms with Crippen molar-refractivity contribution in [3.63, 3.8) is 0 Å². The Kier molecular flexibility index (Phi) is 32.3. The molecule has 0 saturated heterocycles. The van der Waals surface area contributed by atoms with Crippen LogP contribution >= 0.6 is 0 Å². The van der Waals surface area contributed by atoms with E-state index in [1.165, 1.54) is 0 Å². The molecule has 0 rings (SSSR count). The number of rotatable bonds is 0. The SMILES string of the molecule is [Li+].[Ni+2].[O]=[Mn](=[O])([O-])[O-].[O]=[Mn](=[O])([O-])[O-].[O]=[Mn](=[O])([O-])[O-].[Y+3]. The van der Waals surface area contributed by atoms with Gasteiger partial charge in [-0.15, -0.1) is 0 Å². The minimum absolute atomic E-state index is 0. The van der Waals surface area contributed by atoms with E-state index in [-0.39, 0.29) is 68.1 Å². The summed E-state index contributed by atoms with van der Waals surface area (Å²) in [6, 6.07) is 0. The predicted molar refractivity (Wildman–Crippen MR) is 4.12 cm³/mol. The molecular formula is LiMn3NiO12Y. The van der Waals surface area contributed by atoms with Gasteiger partial charge in [-0.1, -0.05) is 0 Å². The minimum Gasteiger partial charge on any atom is 3.00 e. The molecular weight excluding hydrogens is 511 g/mol. The van der Waals surface area contributed by atoms with Gasteiger partial charge in [0.2, 0.25) is 0 Å². The Morgan fingerprint density at radius 2 is 0.500 bits per heavy atom. The summed E-state index contributed by atoms with van der Waals surface area (Å²) in [5.41, 5.74) is 0. The maximum Gasteiger partial charge on any atom is 3.00 e. The van der Waals surface area contributed by atoms with Gasteiger partial charge in [-0.3, -0.25) is 0 Å². The molecule has 0 aromatic carbocycles. The van der Waals surface area contributed by atoms with Crippen LogP contribution in [-0.4, -0.2) is 0 Å². The number of hydrogen-bond acceptors (Lipinski definition) is 12. The van der Waals surface area contributed by atoms with Gasteiger partial charge in [-0.05, 0) is 0 Å². The van der Waals surface area contributed by atoms with Gasteiger partial charge in [0, 0.05) is 0 Å². The van der Waals surface area contributed by atoms with Crippen LogP contribution in [0.1, 0.15) is 0 Å². The topological polar surface area (TPSA) is 241 Å². The fourth-order valence-corrected chi connectivity index (χ4v) is 0. The Labute approximate surface area is 154 Å². The largest absolute Gasteiger partial charge is 3.00 e. The average molecular weight is 511 g/mol. The Morgan fingerprint density at radius 3 is 0.500 bits per heavy atom. The Balaban J connectivity index is -0.0000000277. The molecule has 12 nitrogen and oxygen atoms in total. The van der Waals surface area contributed by atoms with Crippen molar-refractivity contribution < 1.29 is 156 Å². The summed E-state index contributed by atoms with van der Waals surface area (Å²) >= 11 is -16.9. The zero-order valence-electron chi connectivity index (χ0n) is 7.93. The van der Waals surface area contributed by atoms with Gasteiger partial charge in [0.15, 0.2) is 0 Å². The van der Waals surface area contributed by atoms with E-state index in [4.69, 9.17) is 48.1 Å². The van der Waals surface area contributed by atoms with E-state index in [0.29, 0.717) is 0 Å². The molecule has 0 N–H and O–H groups in total. The number of hydrogen-bond donors (Lipinski definition) is 0. The van der Waals surface area contributed by atoms with Crippen LogP contribution in [0.15, 0.2) is 0 Å². The monoisotopic (exact) mass is 511 g/mol. The molecule has 107 valence electrons. The maximum absolute atomic E-state index is 8.58. The van der Waals surface area contributed by atoms with Crippen LogP contribution in [0, 0.1) is 0 Å². The smallest absolute Gasteiger partial charge is 3.00 e. The molecule has 0 aromatic rings. The minimum atomic E-state index is -5.62. The second-order valence-corrected chi connectivity index (χ2v) is 4.68. The van der Waals surface area contributed by atoms with E-state index in [0.717, 1.165) is 0 Å². The first-order chi connectivity index (χ1) is 6.00. The summed E-state index contributed by atoms with van der Waals surface area (Å²) in [6.45, 7) is 0. The van der Waals surface area contributed by atoms with E-state index < -0.39 is 40.1 Å². The normalized spacial score (nSPS) is 9.67. The summed E-state index contributed by atoms with van der Waals surface area (Å²) in [4.78, 5) is 0. The Morgan fingerprint density at radius 1 is 0.500 bits per heavy atom. The molecule has 0 saturated carbocycles. The molecule has 0 aromatic heterocycles. The fraction of sp³-hybridized carbons (Fsp3) is 0. The quantitative estimate of drug-likeness (QED) is 0.275. The molecule has 0 bridgehead atoms. The molecule has 18 heteroatoms. The summed E-state index contributed by atoms with van der Waals surface area (Å²) in [5, 5.41) is 0. The summed E-state index contributed by atoms with van der Waals surface area (Å²) in [6.07, 6.45) is 0. The van der Waals surface area contributed by atoms with Crippen molar-refractivity contribution in [1.29, 1.82) is 0 Å². The maximum atomic E-state index is 8.58. The molecule has 0 amide bonds. The first kappa shape index (κ1) is 37.0. The van der Waals surface area contributed by atoms with Gasteiger partial charge in [0.1, 0.15) is 0 Å². The molecule has 0 atom stereocenters. The van der Waals surface area contributed by atoms with Crippen molar-refractivity contribution in [3.05, 3.63) is 0 Å². The fourth-order valence-electron chi connectivity index (χ4n) is 0. The van der Waals surface area contributed by atoms with Crippen LogP contribution in [0.3, 0.4) is 0 Å². The molecule has 0 radical (unpaired) electrons. The van der Waals surface area contributed by atoms with Crippen molar-refractivity contribution in [2.24, 2.45) is 0 Å². The van der Waals surface area contributed by atoms with Crippen LogP contribution < -0.4 is 44.0 Å². The van der Waals surface area contributed by atoms with Gasteiger partial charge in [0.05, 0.1) is 0 Å². The molecule has 0 fully saturated rings. The van der Waals surface area contributed by atoms with Gasteiger partial charge in [0.25, 0.3) is 0 Å². The van der Waals surface area contributed by atoms with Crippen molar-refractivity contribution in [2.75, 3.05) is 0 Å². The first-order valence-corrected chi connectivity index (χ1v) is 7.63. The van der Waals surface area contributed by atoms with Crippen molar-refractivity contribution in [2.45, 2.75) is 0 Å². The van der Waals surface area contributed by atoms with Crippen molar-refractivity contribution >= 4 is 0 Å². The van der Waals surface area contributed by atoms with E-state index in [9.17, 15) is 0 Å². The van der Waals surface area contributed by atoms with Crippen molar-refractivity contribution in [3.8, 4) is 0 Å². The van der Waals surface area contributed by atoms with Crippen LogP contribution in [-0.2, 0) is 112 Å². The zero-order valence-corrected chi connectivity index (χ0v) is 15.3. The average Bonchev–Trinajstić information content (AvgIpc) is 1.41. The predicted octanol–water partition coefficient (Wildman–Crippen LogP) is -10.9. The van der Waals surface area contributed by atoms with E-state index in [1.807, 2.05) is 0 Å². The molecule has 0 aliphatic rings.